The van der Waals surface area contributed by atoms with Crippen LogP contribution in [0.2, 0.25) is 0 Å². The summed E-state index contributed by atoms with van der Waals surface area (Å²) in [5.74, 6) is 1.53. The lowest BCUT2D eigenvalue weighted by Gasteiger charge is -2.44. The predicted molar refractivity (Wildman–Crippen MR) is 75.5 cm³/mol. The number of alkyl halides is 1. The van der Waals surface area contributed by atoms with E-state index < -0.39 is 0 Å². The summed E-state index contributed by atoms with van der Waals surface area (Å²) in [5.41, 5.74) is 3.36. The standard InChI is InChI=1S/C14H21ClN2O/c1-10-7-11(2)16-13(12(10)8-15)17-5-6-18-9-14(17,3)4/h7H,5-6,8-9H2,1-4H3. The van der Waals surface area contributed by atoms with Crippen LogP contribution in [0.1, 0.15) is 30.7 Å². The zero-order valence-corrected chi connectivity index (χ0v) is 12.3. The van der Waals surface area contributed by atoms with Gasteiger partial charge < -0.3 is 9.64 Å². The number of hydrogen-bond acceptors (Lipinski definition) is 3. The Balaban J connectivity index is 2.49. The summed E-state index contributed by atoms with van der Waals surface area (Å²) in [6.45, 7) is 10.8. The summed E-state index contributed by atoms with van der Waals surface area (Å²) in [6.07, 6.45) is 0. The maximum absolute atomic E-state index is 6.10. The third kappa shape index (κ3) is 2.47. The fourth-order valence-corrected chi connectivity index (χ4v) is 2.81. The monoisotopic (exact) mass is 268 g/mol. The van der Waals surface area contributed by atoms with Crippen molar-refractivity contribution in [2.24, 2.45) is 0 Å². The molecule has 0 amide bonds. The largest absolute Gasteiger partial charge is 0.377 e. The highest BCUT2D eigenvalue weighted by molar-refractivity contribution is 6.17. The minimum absolute atomic E-state index is 0.0354. The van der Waals surface area contributed by atoms with Gasteiger partial charge in [0, 0.05) is 17.8 Å². The molecule has 1 aromatic rings. The number of aromatic nitrogens is 1. The van der Waals surface area contributed by atoms with E-state index in [0.717, 1.165) is 36.8 Å². The molecule has 1 fully saturated rings. The molecule has 0 aliphatic carbocycles. The van der Waals surface area contributed by atoms with Crippen molar-refractivity contribution < 1.29 is 4.74 Å². The van der Waals surface area contributed by atoms with Gasteiger partial charge in [0.05, 0.1) is 24.6 Å². The van der Waals surface area contributed by atoms with E-state index in [1.807, 2.05) is 6.92 Å². The quantitative estimate of drug-likeness (QED) is 0.771. The predicted octanol–water partition coefficient (Wildman–Crippen LogP) is 3.05. The summed E-state index contributed by atoms with van der Waals surface area (Å²) < 4.78 is 5.57. The van der Waals surface area contributed by atoms with E-state index in [1.165, 1.54) is 5.56 Å². The highest BCUT2D eigenvalue weighted by atomic mass is 35.5. The molecule has 1 aliphatic rings. The fraction of sp³-hybridized carbons (Fsp3) is 0.643. The summed E-state index contributed by atoms with van der Waals surface area (Å²) in [6, 6.07) is 2.09. The van der Waals surface area contributed by atoms with Crippen LogP contribution in [0.3, 0.4) is 0 Å². The van der Waals surface area contributed by atoms with Gasteiger partial charge in [0.15, 0.2) is 0 Å². The van der Waals surface area contributed by atoms with Gasteiger partial charge in [-0.05, 0) is 39.3 Å². The van der Waals surface area contributed by atoms with E-state index in [9.17, 15) is 0 Å². The number of ether oxygens (including phenoxy) is 1. The van der Waals surface area contributed by atoms with Crippen molar-refractivity contribution in [3.05, 3.63) is 22.9 Å². The van der Waals surface area contributed by atoms with Crippen LogP contribution < -0.4 is 4.90 Å². The summed E-state index contributed by atoms with van der Waals surface area (Å²) in [4.78, 5) is 7.04. The maximum Gasteiger partial charge on any atom is 0.134 e. The molecule has 1 aliphatic heterocycles. The first-order valence-electron chi connectivity index (χ1n) is 6.34. The van der Waals surface area contributed by atoms with E-state index in [1.54, 1.807) is 0 Å². The third-order valence-electron chi connectivity index (χ3n) is 3.49. The topological polar surface area (TPSA) is 25.4 Å². The highest BCUT2D eigenvalue weighted by Crippen LogP contribution is 2.31. The Bertz CT molecular complexity index is 446. The Hall–Kier alpha value is -0.800. The summed E-state index contributed by atoms with van der Waals surface area (Å²) >= 11 is 6.10. The molecule has 0 unspecified atom stereocenters. The minimum Gasteiger partial charge on any atom is -0.377 e. The molecule has 1 aromatic heterocycles. The number of aryl methyl sites for hydroxylation is 2. The molecule has 4 heteroatoms. The zero-order valence-electron chi connectivity index (χ0n) is 11.6. The van der Waals surface area contributed by atoms with E-state index in [2.05, 4.69) is 31.7 Å². The van der Waals surface area contributed by atoms with Crippen molar-refractivity contribution in [1.82, 2.24) is 4.98 Å². The van der Waals surface area contributed by atoms with Crippen LogP contribution in [0.25, 0.3) is 0 Å². The SMILES string of the molecule is Cc1cc(C)c(CCl)c(N2CCOCC2(C)C)n1. The molecule has 0 saturated carbocycles. The lowest BCUT2D eigenvalue weighted by molar-refractivity contribution is 0.0638. The molecule has 0 aromatic carbocycles. The smallest absolute Gasteiger partial charge is 0.134 e. The van der Waals surface area contributed by atoms with Gasteiger partial charge in [-0.3, -0.25) is 0 Å². The molecule has 0 spiro atoms. The Morgan fingerprint density at radius 1 is 1.44 bits per heavy atom. The van der Waals surface area contributed by atoms with Gasteiger partial charge in [0.2, 0.25) is 0 Å². The molecule has 0 atom stereocenters. The molecular formula is C14H21ClN2O. The van der Waals surface area contributed by atoms with Gasteiger partial charge in [-0.2, -0.15) is 0 Å². The molecule has 0 N–H and O–H groups in total. The van der Waals surface area contributed by atoms with Crippen LogP contribution in [0, 0.1) is 13.8 Å². The summed E-state index contributed by atoms with van der Waals surface area (Å²) in [5, 5.41) is 0. The number of hydrogen-bond donors (Lipinski definition) is 0. The van der Waals surface area contributed by atoms with Gasteiger partial charge in [-0.25, -0.2) is 4.98 Å². The molecule has 2 rings (SSSR count). The normalized spacial score (nSPS) is 19.1. The van der Waals surface area contributed by atoms with Crippen molar-refractivity contribution >= 4 is 17.4 Å². The second kappa shape index (κ2) is 5.06. The first-order chi connectivity index (χ1) is 8.45. The lowest BCUT2D eigenvalue weighted by Crippen LogP contribution is -2.54. The molecule has 100 valence electrons. The first kappa shape index (κ1) is 13.6. The van der Waals surface area contributed by atoms with Gasteiger partial charge >= 0.3 is 0 Å². The van der Waals surface area contributed by atoms with E-state index in [4.69, 9.17) is 21.3 Å². The Morgan fingerprint density at radius 3 is 2.78 bits per heavy atom. The molecular weight excluding hydrogens is 248 g/mol. The van der Waals surface area contributed by atoms with Gasteiger partial charge in [0.1, 0.15) is 5.82 Å². The second-order valence-corrected chi connectivity index (χ2v) is 5.80. The Morgan fingerprint density at radius 2 is 2.17 bits per heavy atom. The molecule has 1 saturated heterocycles. The van der Waals surface area contributed by atoms with Crippen LogP contribution in [-0.4, -0.2) is 30.3 Å². The van der Waals surface area contributed by atoms with Crippen molar-refractivity contribution in [3.63, 3.8) is 0 Å². The molecule has 0 radical (unpaired) electrons. The van der Waals surface area contributed by atoms with E-state index >= 15 is 0 Å². The lowest BCUT2D eigenvalue weighted by atomic mass is 10.0. The number of pyridine rings is 1. The van der Waals surface area contributed by atoms with E-state index in [0.29, 0.717) is 5.88 Å². The van der Waals surface area contributed by atoms with E-state index in [-0.39, 0.29) is 5.54 Å². The van der Waals surface area contributed by atoms with Crippen LogP contribution in [0.4, 0.5) is 5.82 Å². The zero-order chi connectivity index (χ0) is 13.3. The number of nitrogens with zero attached hydrogens (tertiary/aromatic N) is 2. The third-order valence-corrected chi connectivity index (χ3v) is 3.76. The molecule has 3 nitrogen and oxygen atoms in total. The fourth-order valence-electron chi connectivity index (χ4n) is 2.48. The minimum atomic E-state index is -0.0354. The second-order valence-electron chi connectivity index (χ2n) is 5.53. The average molecular weight is 269 g/mol. The van der Waals surface area contributed by atoms with Crippen LogP contribution in [0.5, 0.6) is 0 Å². The van der Waals surface area contributed by atoms with Gasteiger partial charge in [0.25, 0.3) is 0 Å². The average Bonchev–Trinajstić information content (AvgIpc) is 2.27. The highest BCUT2D eigenvalue weighted by Gasteiger charge is 2.33. The summed E-state index contributed by atoms with van der Waals surface area (Å²) in [7, 11) is 0. The molecule has 18 heavy (non-hydrogen) atoms. The van der Waals surface area contributed by atoms with Crippen LogP contribution >= 0.6 is 11.6 Å². The Kier molecular flexibility index (Phi) is 3.83. The Labute approximate surface area is 114 Å². The van der Waals surface area contributed by atoms with Crippen LogP contribution in [0.15, 0.2) is 6.07 Å². The maximum atomic E-state index is 6.10. The number of morpholine rings is 1. The van der Waals surface area contributed by atoms with Crippen molar-refractivity contribution in [2.75, 3.05) is 24.7 Å². The number of anilines is 1. The first-order valence-corrected chi connectivity index (χ1v) is 6.87. The van der Waals surface area contributed by atoms with Crippen molar-refractivity contribution in [3.8, 4) is 0 Å². The van der Waals surface area contributed by atoms with Crippen molar-refractivity contribution in [2.45, 2.75) is 39.1 Å². The molecule has 2 heterocycles. The molecule has 0 bridgehead atoms. The van der Waals surface area contributed by atoms with Crippen molar-refractivity contribution in [1.29, 1.82) is 0 Å². The number of halogens is 1. The van der Waals surface area contributed by atoms with Crippen LogP contribution in [-0.2, 0) is 10.6 Å². The number of rotatable bonds is 2. The van der Waals surface area contributed by atoms with Gasteiger partial charge in [-0.1, -0.05) is 0 Å². The van der Waals surface area contributed by atoms with Gasteiger partial charge in [-0.15, -0.1) is 11.6 Å².